The summed E-state index contributed by atoms with van der Waals surface area (Å²) in [7, 11) is 0. The van der Waals surface area contributed by atoms with Gasteiger partial charge in [-0.15, -0.1) is 0 Å². The van der Waals surface area contributed by atoms with E-state index in [9.17, 15) is 0 Å². The molecule has 0 bridgehead atoms. The number of aromatic nitrogens is 1. The molecule has 0 saturated carbocycles. The summed E-state index contributed by atoms with van der Waals surface area (Å²) in [6.07, 6.45) is 1.92. The number of anilines is 6. The van der Waals surface area contributed by atoms with E-state index in [1.807, 2.05) is 6.20 Å². The Bertz CT molecular complexity index is 2940. The summed E-state index contributed by atoms with van der Waals surface area (Å²) in [5, 5.41) is 8.09. The van der Waals surface area contributed by atoms with E-state index in [4.69, 9.17) is 4.98 Å². The minimum absolute atomic E-state index is 0.922. The Morgan fingerprint density at radius 2 is 0.815 bits per heavy atom. The maximum atomic E-state index is 5.26. The Morgan fingerprint density at radius 3 is 1.41 bits per heavy atom. The van der Waals surface area contributed by atoms with Gasteiger partial charge >= 0.3 is 0 Å². The van der Waals surface area contributed by atoms with Crippen LogP contribution < -0.4 is 9.80 Å². The molecule has 0 fully saturated rings. The van der Waals surface area contributed by atoms with Crippen molar-refractivity contribution in [1.82, 2.24) is 4.98 Å². The molecule has 0 radical (unpaired) electrons. The molecule has 0 aliphatic rings. The van der Waals surface area contributed by atoms with Crippen molar-refractivity contribution in [3.8, 4) is 11.1 Å². The van der Waals surface area contributed by atoms with Gasteiger partial charge < -0.3 is 9.80 Å². The molecular formula is C51H35N3. The maximum Gasteiger partial charge on any atom is 0.0970 e. The zero-order valence-electron chi connectivity index (χ0n) is 29.5. The van der Waals surface area contributed by atoms with Gasteiger partial charge in [0.05, 0.1) is 16.9 Å². The van der Waals surface area contributed by atoms with Gasteiger partial charge in [-0.1, -0.05) is 140 Å². The highest BCUT2D eigenvalue weighted by Gasteiger charge is 2.26. The van der Waals surface area contributed by atoms with Gasteiger partial charge in [0.25, 0.3) is 0 Å². The fourth-order valence-corrected chi connectivity index (χ4v) is 7.88. The van der Waals surface area contributed by atoms with Crippen molar-refractivity contribution in [1.29, 1.82) is 0 Å². The normalized spacial score (nSPS) is 11.3. The van der Waals surface area contributed by atoms with E-state index in [1.54, 1.807) is 0 Å². The first kappa shape index (κ1) is 31.5. The van der Waals surface area contributed by atoms with Crippen LogP contribution in [0.3, 0.4) is 0 Å². The largest absolute Gasteiger partial charge is 0.309 e. The predicted molar refractivity (Wildman–Crippen MR) is 229 cm³/mol. The first-order valence-corrected chi connectivity index (χ1v) is 18.4. The Hall–Kier alpha value is -7.23. The highest BCUT2D eigenvalue weighted by Crippen LogP contribution is 2.51. The molecule has 1 heterocycles. The topological polar surface area (TPSA) is 19.4 Å². The van der Waals surface area contributed by atoms with Gasteiger partial charge in [-0.25, -0.2) is 0 Å². The standard InChI is InChI=1S/C51H35N3/c1-4-15-36(16-5-1)41-28-31-46-48(35-41)50(53(42-21-6-2-7-22-42)44-29-26-37-17-10-12-19-39(37)33-44)47-25-14-32-52-49(47)51(46)54(43-23-8-3-9-24-43)45-30-27-38-18-11-13-20-40(38)34-45/h1-35H. The summed E-state index contributed by atoms with van der Waals surface area (Å²) in [5.74, 6) is 0. The number of pyridine rings is 1. The third-order valence-corrected chi connectivity index (χ3v) is 10.4. The smallest absolute Gasteiger partial charge is 0.0970 e. The number of rotatable bonds is 7. The third kappa shape index (κ3) is 5.51. The van der Waals surface area contributed by atoms with E-state index < -0.39 is 0 Å². The molecule has 1 aromatic heterocycles. The minimum atomic E-state index is 0.922. The first-order valence-electron chi connectivity index (χ1n) is 18.4. The Kier molecular flexibility index (Phi) is 7.81. The van der Waals surface area contributed by atoms with Crippen molar-refractivity contribution < 1.29 is 0 Å². The van der Waals surface area contributed by atoms with Crippen LogP contribution in [-0.4, -0.2) is 4.98 Å². The highest BCUT2D eigenvalue weighted by molar-refractivity contribution is 6.23. The van der Waals surface area contributed by atoms with Crippen molar-refractivity contribution in [3.63, 3.8) is 0 Å². The second-order valence-electron chi connectivity index (χ2n) is 13.6. The zero-order valence-corrected chi connectivity index (χ0v) is 29.5. The Balaban J connectivity index is 1.35. The lowest BCUT2D eigenvalue weighted by Gasteiger charge is -2.32. The molecule has 3 nitrogen and oxygen atoms in total. The van der Waals surface area contributed by atoms with Crippen molar-refractivity contribution in [3.05, 3.63) is 212 Å². The number of hydrogen-bond acceptors (Lipinski definition) is 3. The second-order valence-corrected chi connectivity index (χ2v) is 13.6. The Labute approximate surface area is 314 Å². The van der Waals surface area contributed by atoms with Gasteiger partial charge in [0.1, 0.15) is 0 Å². The van der Waals surface area contributed by atoms with Crippen LogP contribution in [0.5, 0.6) is 0 Å². The zero-order chi connectivity index (χ0) is 35.8. The quantitative estimate of drug-likeness (QED) is 0.123. The molecule has 0 spiro atoms. The first-order chi connectivity index (χ1) is 26.8. The number of hydrogen-bond donors (Lipinski definition) is 0. The maximum absolute atomic E-state index is 5.26. The summed E-state index contributed by atoms with van der Waals surface area (Å²) >= 11 is 0. The van der Waals surface area contributed by atoms with Gasteiger partial charge in [-0.2, -0.15) is 0 Å². The molecular weight excluding hydrogens is 655 g/mol. The third-order valence-electron chi connectivity index (χ3n) is 10.4. The molecule has 0 amide bonds. The predicted octanol–water partition coefficient (Wildman–Crippen LogP) is 14.3. The molecule has 0 N–H and O–H groups in total. The summed E-state index contributed by atoms with van der Waals surface area (Å²) in [6.45, 7) is 0. The van der Waals surface area contributed by atoms with Crippen molar-refractivity contribution in [2.24, 2.45) is 0 Å². The molecule has 0 aliphatic heterocycles. The fraction of sp³-hybridized carbons (Fsp3) is 0. The molecule has 254 valence electrons. The van der Waals surface area contributed by atoms with E-state index in [-0.39, 0.29) is 0 Å². The van der Waals surface area contributed by atoms with Crippen LogP contribution in [0.15, 0.2) is 212 Å². The molecule has 10 aromatic rings. The van der Waals surface area contributed by atoms with Crippen LogP contribution >= 0.6 is 0 Å². The monoisotopic (exact) mass is 689 g/mol. The summed E-state index contributed by atoms with van der Waals surface area (Å²) in [6, 6.07) is 73.9. The van der Waals surface area contributed by atoms with Crippen molar-refractivity contribution in [2.75, 3.05) is 9.80 Å². The van der Waals surface area contributed by atoms with E-state index >= 15 is 0 Å². The van der Waals surface area contributed by atoms with E-state index in [1.165, 1.54) is 27.1 Å². The number of nitrogens with zero attached hydrogens (tertiary/aromatic N) is 3. The van der Waals surface area contributed by atoms with Crippen LogP contribution in [0.25, 0.3) is 54.3 Å². The van der Waals surface area contributed by atoms with Gasteiger partial charge in [0.15, 0.2) is 0 Å². The molecule has 0 aliphatic carbocycles. The van der Waals surface area contributed by atoms with E-state index in [0.717, 1.165) is 61.4 Å². The second kappa shape index (κ2) is 13.4. The lowest BCUT2D eigenvalue weighted by atomic mass is 9.94. The average Bonchev–Trinajstić information content (AvgIpc) is 3.25. The minimum Gasteiger partial charge on any atom is -0.309 e. The van der Waals surface area contributed by atoms with E-state index in [2.05, 4.69) is 216 Å². The van der Waals surface area contributed by atoms with Gasteiger partial charge in [-0.3, -0.25) is 4.98 Å². The molecule has 54 heavy (non-hydrogen) atoms. The number of fused-ring (bicyclic) bond motifs is 4. The SMILES string of the molecule is c1ccc(-c2ccc3c(N(c4ccccc4)c4ccc5ccccc5c4)c4ncccc4c(N(c4ccccc4)c4ccc5ccccc5c4)c3c2)cc1. The van der Waals surface area contributed by atoms with Crippen LogP contribution in [0.2, 0.25) is 0 Å². The van der Waals surface area contributed by atoms with Crippen LogP contribution in [0.4, 0.5) is 34.1 Å². The molecule has 0 unspecified atom stereocenters. The number of benzene rings is 9. The lowest BCUT2D eigenvalue weighted by Crippen LogP contribution is -2.15. The van der Waals surface area contributed by atoms with Crippen molar-refractivity contribution in [2.45, 2.75) is 0 Å². The fourth-order valence-electron chi connectivity index (χ4n) is 7.88. The van der Waals surface area contributed by atoms with Crippen molar-refractivity contribution >= 4 is 77.3 Å². The summed E-state index contributed by atoms with van der Waals surface area (Å²) in [4.78, 5) is 10.1. The summed E-state index contributed by atoms with van der Waals surface area (Å²) < 4.78 is 0. The lowest BCUT2D eigenvalue weighted by molar-refractivity contribution is 1.28. The van der Waals surface area contributed by atoms with Crippen LogP contribution in [-0.2, 0) is 0 Å². The van der Waals surface area contributed by atoms with Gasteiger partial charge in [0, 0.05) is 45.1 Å². The molecule has 3 heteroatoms. The Morgan fingerprint density at radius 1 is 0.296 bits per heavy atom. The van der Waals surface area contributed by atoms with E-state index in [0.29, 0.717) is 0 Å². The van der Waals surface area contributed by atoms with Gasteiger partial charge in [-0.05, 0) is 99.4 Å². The molecule has 9 aromatic carbocycles. The number of para-hydroxylation sites is 2. The molecule has 0 saturated heterocycles. The van der Waals surface area contributed by atoms with Crippen LogP contribution in [0.1, 0.15) is 0 Å². The molecule has 0 atom stereocenters. The molecule has 10 rings (SSSR count). The summed E-state index contributed by atoms with van der Waals surface area (Å²) in [5.41, 5.74) is 9.67. The highest BCUT2D eigenvalue weighted by atomic mass is 15.2. The van der Waals surface area contributed by atoms with Crippen LogP contribution in [0, 0.1) is 0 Å². The average molecular weight is 690 g/mol. The van der Waals surface area contributed by atoms with Gasteiger partial charge in [0.2, 0.25) is 0 Å².